The van der Waals surface area contributed by atoms with Gasteiger partial charge in [0.1, 0.15) is 12.4 Å². The molecule has 1 heterocycles. The van der Waals surface area contributed by atoms with Gasteiger partial charge in [-0.15, -0.1) is 0 Å². The molecule has 74 valence electrons. The first-order chi connectivity index (χ1) is 6.81. The Kier molecular flexibility index (Phi) is 2.39. The van der Waals surface area contributed by atoms with Crippen LogP contribution in [0.25, 0.3) is 0 Å². The van der Waals surface area contributed by atoms with E-state index in [0.717, 1.165) is 17.7 Å². The van der Waals surface area contributed by atoms with Crippen molar-refractivity contribution in [2.45, 2.75) is 6.42 Å². The van der Waals surface area contributed by atoms with Crippen molar-refractivity contribution in [2.24, 2.45) is 5.92 Å². The summed E-state index contributed by atoms with van der Waals surface area (Å²) in [5.41, 5.74) is 1.16. The summed E-state index contributed by atoms with van der Waals surface area (Å²) >= 11 is 0. The second-order valence-electron chi connectivity index (χ2n) is 3.39. The molecule has 1 unspecified atom stereocenters. The number of rotatable bonds is 1. The molecule has 0 saturated heterocycles. The van der Waals surface area contributed by atoms with Crippen molar-refractivity contribution in [3.05, 3.63) is 29.8 Å². The van der Waals surface area contributed by atoms with E-state index >= 15 is 0 Å². The molecule has 0 spiro atoms. The van der Waals surface area contributed by atoms with E-state index in [1.807, 2.05) is 24.3 Å². The maximum Gasteiger partial charge on any atom is 0.187 e. The highest BCUT2D eigenvalue weighted by Crippen LogP contribution is 2.27. The third-order valence-electron chi connectivity index (χ3n) is 2.47. The van der Waals surface area contributed by atoms with E-state index in [4.69, 9.17) is 14.9 Å². The standard InChI is InChI=1S/C11H13NO2/c1-13-11(12)9-6-8-4-2-3-5-10(8)14-7-9/h2-5,9,12H,6-7H2,1H3. The highest BCUT2D eigenvalue weighted by molar-refractivity contribution is 5.76. The number of para-hydroxylation sites is 1. The lowest BCUT2D eigenvalue weighted by molar-refractivity contribution is 0.233. The van der Waals surface area contributed by atoms with Gasteiger partial charge in [-0.05, 0) is 18.1 Å². The SMILES string of the molecule is COC(=N)C1COc2ccccc2C1. The fourth-order valence-electron chi connectivity index (χ4n) is 1.66. The van der Waals surface area contributed by atoms with E-state index in [2.05, 4.69) is 0 Å². The molecule has 0 amide bonds. The van der Waals surface area contributed by atoms with E-state index in [1.54, 1.807) is 0 Å². The van der Waals surface area contributed by atoms with Gasteiger partial charge in [0, 0.05) is 0 Å². The number of methoxy groups -OCH3 is 1. The van der Waals surface area contributed by atoms with Crippen LogP contribution in [0.2, 0.25) is 0 Å². The zero-order chi connectivity index (χ0) is 9.97. The molecule has 1 aromatic rings. The second kappa shape index (κ2) is 3.70. The Morgan fingerprint density at radius 2 is 2.29 bits per heavy atom. The van der Waals surface area contributed by atoms with Crippen LogP contribution >= 0.6 is 0 Å². The number of fused-ring (bicyclic) bond motifs is 1. The molecule has 1 N–H and O–H groups in total. The van der Waals surface area contributed by atoms with Gasteiger partial charge in [0.05, 0.1) is 13.0 Å². The summed E-state index contributed by atoms with van der Waals surface area (Å²) in [5, 5.41) is 7.57. The molecule has 3 nitrogen and oxygen atoms in total. The summed E-state index contributed by atoms with van der Waals surface area (Å²) in [6.45, 7) is 0.545. The van der Waals surface area contributed by atoms with E-state index in [9.17, 15) is 0 Å². The summed E-state index contributed by atoms with van der Waals surface area (Å²) in [7, 11) is 1.53. The molecule has 3 heteroatoms. The number of ether oxygens (including phenoxy) is 2. The van der Waals surface area contributed by atoms with Crippen LogP contribution in [0.3, 0.4) is 0 Å². The number of nitrogens with one attached hydrogen (secondary N) is 1. The average Bonchev–Trinajstić information content (AvgIpc) is 2.27. The molecule has 14 heavy (non-hydrogen) atoms. The topological polar surface area (TPSA) is 42.3 Å². The third kappa shape index (κ3) is 1.58. The largest absolute Gasteiger partial charge is 0.492 e. The Hall–Kier alpha value is -1.51. The Morgan fingerprint density at radius 3 is 3.07 bits per heavy atom. The Bertz CT molecular complexity index is 349. The monoisotopic (exact) mass is 191 g/mol. The third-order valence-corrected chi connectivity index (χ3v) is 2.47. The summed E-state index contributed by atoms with van der Waals surface area (Å²) in [6, 6.07) is 7.94. The van der Waals surface area contributed by atoms with Crippen LogP contribution < -0.4 is 4.74 Å². The van der Waals surface area contributed by atoms with Gasteiger partial charge in [0.15, 0.2) is 5.90 Å². The van der Waals surface area contributed by atoms with Gasteiger partial charge < -0.3 is 9.47 Å². The minimum atomic E-state index is 0.0647. The van der Waals surface area contributed by atoms with E-state index in [0.29, 0.717) is 12.5 Å². The van der Waals surface area contributed by atoms with Gasteiger partial charge in [-0.1, -0.05) is 18.2 Å². The van der Waals surface area contributed by atoms with Crippen LogP contribution in [0.1, 0.15) is 5.56 Å². The molecular weight excluding hydrogens is 178 g/mol. The molecule has 0 radical (unpaired) electrons. The molecule has 1 aliphatic heterocycles. The summed E-state index contributed by atoms with van der Waals surface area (Å²) in [4.78, 5) is 0. The van der Waals surface area contributed by atoms with Gasteiger partial charge in [0.2, 0.25) is 0 Å². The zero-order valence-corrected chi connectivity index (χ0v) is 8.12. The van der Waals surface area contributed by atoms with Gasteiger partial charge in [-0.3, -0.25) is 5.41 Å². The smallest absolute Gasteiger partial charge is 0.187 e. The Labute approximate surface area is 83.2 Å². The summed E-state index contributed by atoms with van der Waals surface area (Å²) < 4.78 is 10.4. The normalized spacial score (nSPS) is 19.4. The van der Waals surface area contributed by atoms with Gasteiger partial charge in [0.25, 0.3) is 0 Å². The molecule has 0 bridgehead atoms. The zero-order valence-electron chi connectivity index (χ0n) is 8.12. The first-order valence-corrected chi connectivity index (χ1v) is 4.64. The summed E-state index contributed by atoms with van der Waals surface area (Å²) in [5.74, 6) is 1.31. The molecule has 0 fully saturated rings. The van der Waals surface area contributed by atoms with Crippen LogP contribution in [-0.4, -0.2) is 19.6 Å². The van der Waals surface area contributed by atoms with Crippen LogP contribution in [0.5, 0.6) is 5.75 Å². The van der Waals surface area contributed by atoms with Crippen molar-refractivity contribution in [1.82, 2.24) is 0 Å². The molecular formula is C11H13NO2. The molecule has 1 aliphatic rings. The van der Waals surface area contributed by atoms with Crippen molar-refractivity contribution in [3.8, 4) is 5.75 Å². The fourth-order valence-corrected chi connectivity index (χ4v) is 1.66. The van der Waals surface area contributed by atoms with Crippen LogP contribution in [0, 0.1) is 11.3 Å². The van der Waals surface area contributed by atoms with Crippen molar-refractivity contribution in [1.29, 1.82) is 5.41 Å². The molecule has 0 saturated carbocycles. The van der Waals surface area contributed by atoms with E-state index in [-0.39, 0.29) is 5.92 Å². The Balaban J connectivity index is 2.17. The summed E-state index contributed by atoms with van der Waals surface area (Å²) in [6.07, 6.45) is 0.836. The number of benzene rings is 1. The number of hydrogen-bond acceptors (Lipinski definition) is 3. The lowest BCUT2D eigenvalue weighted by Crippen LogP contribution is -2.28. The van der Waals surface area contributed by atoms with E-state index < -0.39 is 0 Å². The molecule has 2 rings (SSSR count). The highest BCUT2D eigenvalue weighted by atomic mass is 16.5. The Morgan fingerprint density at radius 1 is 1.50 bits per heavy atom. The maximum absolute atomic E-state index is 7.57. The molecule has 1 aromatic carbocycles. The number of hydrogen-bond donors (Lipinski definition) is 1. The molecule has 0 aromatic heterocycles. The molecule has 1 atom stereocenters. The van der Waals surface area contributed by atoms with Crippen molar-refractivity contribution < 1.29 is 9.47 Å². The maximum atomic E-state index is 7.57. The van der Waals surface area contributed by atoms with E-state index in [1.165, 1.54) is 7.11 Å². The quantitative estimate of drug-likeness (QED) is 0.544. The van der Waals surface area contributed by atoms with Gasteiger partial charge in [-0.2, -0.15) is 0 Å². The van der Waals surface area contributed by atoms with Crippen molar-refractivity contribution in [3.63, 3.8) is 0 Å². The predicted molar refractivity (Wildman–Crippen MR) is 53.9 cm³/mol. The minimum absolute atomic E-state index is 0.0647. The first kappa shape index (κ1) is 9.06. The van der Waals surface area contributed by atoms with Gasteiger partial charge in [-0.25, -0.2) is 0 Å². The van der Waals surface area contributed by atoms with Crippen molar-refractivity contribution in [2.75, 3.05) is 13.7 Å². The van der Waals surface area contributed by atoms with Crippen LogP contribution in [-0.2, 0) is 11.2 Å². The lowest BCUT2D eigenvalue weighted by atomic mass is 9.97. The first-order valence-electron chi connectivity index (χ1n) is 4.64. The predicted octanol–water partition coefficient (Wildman–Crippen LogP) is 1.86. The average molecular weight is 191 g/mol. The highest BCUT2D eigenvalue weighted by Gasteiger charge is 2.23. The fraction of sp³-hybridized carbons (Fsp3) is 0.364. The minimum Gasteiger partial charge on any atom is -0.492 e. The van der Waals surface area contributed by atoms with Crippen LogP contribution in [0.15, 0.2) is 24.3 Å². The van der Waals surface area contributed by atoms with Gasteiger partial charge >= 0.3 is 0 Å². The molecule has 0 aliphatic carbocycles. The van der Waals surface area contributed by atoms with Crippen molar-refractivity contribution >= 4 is 5.90 Å². The van der Waals surface area contributed by atoms with Crippen LogP contribution in [0.4, 0.5) is 0 Å². The second-order valence-corrected chi connectivity index (χ2v) is 3.39. The lowest BCUT2D eigenvalue weighted by Gasteiger charge is -2.24.